The molecule has 0 bridgehead atoms. The van der Waals surface area contributed by atoms with Gasteiger partial charge in [-0.25, -0.2) is 14.4 Å². The van der Waals surface area contributed by atoms with Crippen LogP contribution in [0.5, 0.6) is 0 Å². The molecule has 0 fully saturated rings. The SMILES string of the molecule is C[C@@H](NC(=O)c1cnc(-c2cccc(F)c2)nc1)c1ccc(Cl)cc1. The average molecular weight is 356 g/mol. The molecule has 0 aliphatic rings. The zero-order valence-electron chi connectivity index (χ0n) is 13.4. The Hall–Kier alpha value is -2.79. The molecule has 0 unspecified atom stereocenters. The molecule has 0 saturated carbocycles. The average Bonchev–Trinajstić information content (AvgIpc) is 2.62. The fourth-order valence-corrected chi connectivity index (χ4v) is 2.46. The summed E-state index contributed by atoms with van der Waals surface area (Å²) in [6.45, 7) is 1.88. The molecule has 126 valence electrons. The van der Waals surface area contributed by atoms with Gasteiger partial charge < -0.3 is 5.32 Å². The molecule has 1 aromatic heterocycles. The highest BCUT2D eigenvalue weighted by Crippen LogP contribution is 2.18. The van der Waals surface area contributed by atoms with Crippen LogP contribution in [0.1, 0.15) is 28.9 Å². The summed E-state index contributed by atoms with van der Waals surface area (Å²) in [6, 6.07) is 13.1. The maximum absolute atomic E-state index is 13.3. The number of hydrogen-bond donors (Lipinski definition) is 1. The predicted octanol–water partition coefficient (Wildman–Crippen LogP) is 4.43. The van der Waals surface area contributed by atoms with E-state index in [-0.39, 0.29) is 17.8 Å². The third-order valence-electron chi connectivity index (χ3n) is 3.71. The number of aromatic nitrogens is 2. The molecular weight excluding hydrogens is 341 g/mol. The van der Waals surface area contributed by atoms with Crippen LogP contribution in [0.25, 0.3) is 11.4 Å². The van der Waals surface area contributed by atoms with Crippen molar-refractivity contribution >= 4 is 17.5 Å². The second kappa shape index (κ2) is 7.40. The van der Waals surface area contributed by atoms with E-state index in [9.17, 15) is 9.18 Å². The monoisotopic (exact) mass is 355 g/mol. The number of hydrogen-bond acceptors (Lipinski definition) is 3. The van der Waals surface area contributed by atoms with E-state index in [4.69, 9.17) is 11.6 Å². The molecule has 0 saturated heterocycles. The minimum Gasteiger partial charge on any atom is -0.345 e. The Morgan fingerprint density at radius 2 is 1.80 bits per heavy atom. The highest BCUT2D eigenvalue weighted by atomic mass is 35.5. The van der Waals surface area contributed by atoms with Crippen LogP contribution in [0, 0.1) is 5.82 Å². The standard InChI is InChI=1S/C19H15ClFN3O/c1-12(13-5-7-16(20)8-6-13)24-19(25)15-10-22-18(23-11-15)14-3-2-4-17(21)9-14/h2-12H,1H3,(H,24,25)/t12-/m1/s1. The Bertz CT molecular complexity index is 882. The van der Waals surface area contributed by atoms with Gasteiger partial charge in [0.25, 0.3) is 5.91 Å². The normalized spacial score (nSPS) is 11.8. The molecule has 6 heteroatoms. The van der Waals surface area contributed by atoms with E-state index in [0.29, 0.717) is 22.0 Å². The summed E-state index contributed by atoms with van der Waals surface area (Å²) in [5, 5.41) is 3.52. The molecule has 3 aromatic rings. The summed E-state index contributed by atoms with van der Waals surface area (Å²) in [6.07, 6.45) is 2.86. The molecular formula is C19H15ClFN3O. The van der Waals surface area contributed by atoms with Crippen molar-refractivity contribution in [3.05, 3.63) is 82.9 Å². The van der Waals surface area contributed by atoms with Crippen molar-refractivity contribution in [2.45, 2.75) is 13.0 Å². The molecule has 2 aromatic carbocycles. The largest absolute Gasteiger partial charge is 0.345 e. The lowest BCUT2D eigenvalue weighted by Gasteiger charge is -2.14. The molecule has 0 aliphatic carbocycles. The molecule has 1 atom stereocenters. The van der Waals surface area contributed by atoms with Crippen LogP contribution in [-0.4, -0.2) is 15.9 Å². The number of nitrogens with zero attached hydrogens (tertiary/aromatic N) is 2. The van der Waals surface area contributed by atoms with Gasteiger partial charge in [0.2, 0.25) is 0 Å². The van der Waals surface area contributed by atoms with Gasteiger partial charge in [0.1, 0.15) is 5.82 Å². The molecule has 0 aliphatic heterocycles. The van der Waals surface area contributed by atoms with Gasteiger partial charge in [-0.3, -0.25) is 4.79 Å². The first-order valence-electron chi connectivity index (χ1n) is 7.67. The van der Waals surface area contributed by atoms with Gasteiger partial charge in [0.05, 0.1) is 11.6 Å². The Morgan fingerprint density at radius 3 is 2.44 bits per heavy atom. The summed E-state index contributed by atoms with van der Waals surface area (Å²) >= 11 is 5.87. The number of nitrogens with one attached hydrogen (secondary N) is 1. The van der Waals surface area contributed by atoms with E-state index in [1.165, 1.54) is 24.5 Å². The van der Waals surface area contributed by atoms with Crippen LogP contribution in [0.3, 0.4) is 0 Å². The Balaban J connectivity index is 1.71. The molecule has 1 N–H and O–H groups in total. The lowest BCUT2D eigenvalue weighted by molar-refractivity contribution is 0.0939. The van der Waals surface area contributed by atoms with Crippen LogP contribution in [0.2, 0.25) is 5.02 Å². The van der Waals surface area contributed by atoms with Crippen LogP contribution in [0.15, 0.2) is 60.9 Å². The highest BCUT2D eigenvalue weighted by molar-refractivity contribution is 6.30. The summed E-state index contributed by atoms with van der Waals surface area (Å²) in [5.74, 6) is -0.283. The number of rotatable bonds is 4. The first-order valence-corrected chi connectivity index (χ1v) is 8.05. The second-order valence-corrected chi connectivity index (χ2v) is 5.99. The van der Waals surface area contributed by atoms with Crippen LogP contribution in [0.4, 0.5) is 4.39 Å². The van der Waals surface area contributed by atoms with Crippen molar-refractivity contribution in [1.29, 1.82) is 0 Å². The van der Waals surface area contributed by atoms with Crippen molar-refractivity contribution in [3.8, 4) is 11.4 Å². The molecule has 3 rings (SSSR count). The van der Waals surface area contributed by atoms with E-state index < -0.39 is 0 Å². The quantitative estimate of drug-likeness (QED) is 0.753. The van der Waals surface area contributed by atoms with E-state index in [2.05, 4.69) is 15.3 Å². The molecule has 0 radical (unpaired) electrons. The van der Waals surface area contributed by atoms with E-state index >= 15 is 0 Å². The van der Waals surface area contributed by atoms with Crippen molar-refractivity contribution in [1.82, 2.24) is 15.3 Å². The number of carbonyl (C=O) groups excluding carboxylic acids is 1. The molecule has 0 spiro atoms. The van der Waals surface area contributed by atoms with Crippen LogP contribution in [-0.2, 0) is 0 Å². The van der Waals surface area contributed by atoms with Gasteiger partial charge in [-0.05, 0) is 36.8 Å². The van der Waals surface area contributed by atoms with Gasteiger partial charge in [-0.1, -0.05) is 35.9 Å². The summed E-state index contributed by atoms with van der Waals surface area (Å²) < 4.78 is 13.3. The van der Waals surface area contributed by atoms with Gasteiger partial charge in [0.15, 0.2) is 5.82 Å². The van der Waals surface area contributed by atoms with Crippen molar-refractivity contribution < 1.29 is 9.18 Å². The summed E-state index contributed by atoms with van der Waals surface area (Å²) in [4.78, 5) is 20.6. The highest BCUT2D eigenvalue weighted by Gasteiger charge is 2.13. The zero-order chi connectivity index (χ0) is 17.8. The first kappa shape index (κ1) is 17.0. The van der Waals surface area contributed by atoms with Crippen molar-refractivity contribution in [2.75, 3.05) is 0 Å². The molecule has 4 nitrogen and oxygen atoms in total. The number of amides is 1. The minimum atomic E-state index is -0.361. The lowest BCUT2D eigenvalue weighted by atomic mass is 10.1. The maximum atomic E-state index is 13.3. The smallest absolute Gasteiger partial charge is 0.254 e. The Kier molecular flexibility index (Phi) is 5.05. The van der Waals surface area contributed by atoms with Gasteiger partial charge in [-0.15, -0.1) is 0 Å². The fourth-order valence-electron chi connectivity index (χ4n) is 2.34. The second-order valence-electron chi connectivity index (χ2n) is 5.55. The van der Waals surface area contributed by atoms with Crippen molar-refractivity contribution in [3.63, 3.8) is 0 Å². The van der Waals surface area contributed by atoms with Crippen molar-refractivity contribution in [2.24, 2.45) is 0 Å². The van der Waals surface area contributed by atoms with Crippen LogP contribution < -0.4 is 5.32 Å². The van der Waals surface area contributed by atoms with E-state index in [1.54, 1.807) is 24.3 Å². The summed E-state index contributed by atoms with van der Waals surface area (Å²) in [7, 11) is 0. The minimum absolute atomic E-state index is 0.187. The number of benzene rings is 2. The van der Waals surface area contributed by atoms with Gasteiger partial charge >= 0.3 is 0 Å². The predicted molar refractivity (Wildman–Crippen MR) is 94.8 cm³/mol. The maximum Gasteiger partial charge on any atom is 0.254 e. The number of carbonyl (C=O) groups is 1. The lowest BCUT2D eigenvalue weighted by Crippen LogP contribution is -2.26. The topological polar surface area (TPSA) is 54.9 Å². The van der Waals surface area contributed by atoms with Gasteiger partial charge in [-0.2, -0.15) is 0 Å². The van der Waals surface area contributed by atoms with E-state index in [0.717, 1.165) is 5.56 Å². The molecule has 1 amide bonds. The zero-order valence-corrected chi connectivity index (χ0v) is 14.2. The van der Waals surface area contributed by atoms with Crippen LogP contribution >= 0.6 is 11.6 Å². The third-order valence-corrected chi connectivity index (χ3v) is 3.97. The third kappa shape index (κ3) is 4.19. The first-order chi connectivity index (χ1) is 12.0. The molecule has 25 heavy (non-hydrogen) atoms. The number of halogens is 2. The van der Waals surface area contributed by atoms with E-state index in [1.807, 2.05) is 19.1 Å². The Morgan fingerprint density at radius 1 is 1.12 bits per heavy atom. The fraction of sp³-hybridized carbons (Fsp3) is 0.105. The summed E-state index contributed by atoms with van der Waals surface area (Å²) in [5.41, 5.74) is 1.83. The van der Waals surface area contributed by atoms with Gasteiger partial charge in [0, 0.05) is 23.0 Å². The Labute approximate surface area is 149 Å². The molecule has 1 heterocycles.